The van der Waals surface area contributed by atoms with Crippen LogP contribution in [0.3, 0.4) is 0 Å². The molecule has 0 radical (unpaired) electrons. The third-order valence-corrected chi connectivity index (χ3v) is 6.18. The van der Waals surface area contributed by atoms with Crippen LogP contribution in [-0.2, 0) is 4.74 Å². The molecule has 1 aliphatic heterocycles. The first-order valence-corrected chi connectivity index (χ1v) is 11.3. The Morgan fingerprint density at radius 3 is 2.59 bits per heavy atom. The number of nitrogens with zero attached hydrogens (tertiary/aromatic N) is 4. The Bertz CT molecular complexity index is 1050. The molecule has 2 aromatic heterocycles. The number of morpholine rings is 1. The van der Waals surface area contributed by atoms with Gasteiger partial charge in [-0.25, -0.2) is 9.97 Å². The van der Waals surface area contributed by atoms with E-state index in [0.717, 1.165) is 80.1 Å². The van der Waals surface area contributed by atoms with Gasteiger partial charge in [0.1, 0.15) is 11.3 Å². The zero-order chi connectivity index (χ0) is 21.8. The first-order chi connectivity index (χ1) is 15.8. The van der Waals surface area contributed by atoms with E-state index in [1.807, 2.05) is 12.1 Å². The van der Waals surface area contributed by atoms with Crippen molar-refractivity contribution in [1.29, 1.82) is 0 Å². The van der Waals surface area contributed by atoms with Crippen LogP contribution in [0, 0.1) is 0 Å². The van der Waals surface area contributed by atoms with Crippen molar-refractivity contribution in [3.63, 3.8) is 0 Å². The lowest BCUT2D eigenvalue weighted by molar-refractivity contribution is 0.122. The molecule has 5 rings (SSSR count). The minimum absolute atomic E-state index is 0.171. The second-order valence-electron chi connectivity index (χ2n) is 8.29. The van der Waals surface area contributed by atoms with Gasteiger partial charge < -0.3 is 24.4 Å². The third-order valence-electron chi connectivity index (χ3n) is 6.18. The molecule has 0 amide bonds. The summed E-state index contributed by atoms with van der Waals surface area (Å²) in [7, 11) is 1.64. The number of ether oxygens (including phenoxy) is 3. The van der Waals surface area contributed by atoms with Crippen molar-refractivity contribution in [1.82, 2.24) is 15.0 Å². The standard InChI is InChI=1S/C24H29N5O3/c1-30-23-14-18(6-7-26-23)28-17-2-4-20(5-3-17)32-22-16-19(29-10-12-31-13-11-29)15-21-24(22)27-9-8-25-21/h6-9,14-17,20H,2-5,10-13H2,1H3,(H,26,28)/t17-,20+. The number of anilines is 2. The highest BCUT2D eigenvalue weighted by atomic mass is 16.5. The van der Waals surface area contributed by atoms with E-state index in [0.29, 0.717) is 11.9 Å². The fourth-order valence-corrected chi connectivity index (χ4v) is 4.47. The topological polar surface area (TPSA) is 81.6 Å². The summed E-state index contributed by atoms with van der Waals surface area (Å²) in [6.45, 7) is 3.24. The van der Waals surface area contributed by atoms with Crippen LogP contribution in [0.5, 0.6) is 11.6 Å². The van der Waals surface area contributed by atoms with E-state index >= 15 is 0 Å². The molecule has 1 saturated carbocycles. The lowest BCUT2D eigenvalue weighted by Gasteiger charge is -2.31. The maximum absolute atomic E-state index is 6.52. The quantitative estimate of drug-likeness (QED) is 0.628. The number of benzene rings is 1. The number of pyridine rings is 1. The van der Waals surface area contributed by atoms with Gasteiger partial charge in [0, 0.05) is 61.2 Å². The minimum Gasteiger partial charge on any atom is -0.488 e. The van der Waals surface area contributed by atoms with E-state index < -0.39 is 0 Å². The van der Waals surface area contributed by atoms with Crippen LogP contribution < -0.4 is 19.7 Å². The summed E-state index contributed by atoms with van der Waals surface area (Å²) in [5, 5.41) is 3.61. The summed E-state index contributed by atoms with van der Waals surface area (Å²) in [6, 6.07) is 8.55. The van der Waals surface area contributed by atoms with E-state index in [9.17, 15) is 0 Å². The van der Waals surface area contributed by atoms with Crippen LogP contribution in [0.25, 0.3) is 11.0 Å². The maximum atomic E-state index is 6.52. The molecule has 0 atom stereocenters. The summed E-state index contributed by atoms with van der Waals surface area (Å²) < 4.78 is 17.2. The van der Waals surface area contributed by atoms with E-state index in [1.54, 1.807) is 25.7 Å². The van der Waals surface area contributed by atoms with Gasteiger partial charge in [-0.1, -0.05) is 0 Å². The number of methoxy groups -OCH3 is 1. The normalized spacial score (nSPS) is 21.3. The Kier molecular flexibility index (Phi) is 6.20. The van der Waals surface area contributed by atoms with Crippen molar-refractivity contribution in [2.45, 2.75) is 37.8 Å². The predicted molar refractivity (Wildman–Crippen MR) is 124 cm³/mol. The van der Waals surface area contributed by atoms with E-state index in [4.69, 9.17) is 14.2 Å². The van der Waals surface area contributed by atoms with Crippen LogP contribution in [0.4, 0.5) is 11.4 Å². The van der Waals surface area contributed by atoms with Gasteiger partial charge in [-0.3, -0.25) is 4.98 Å². The van der Waals surface area contributed by atoms with Gasteiger partial charge in [0.25, 0.3) is 0 Å². The summed E-state index contributed by atoms with van der Waals surface area (Å²) in [5.41, 5.74) is 3.86. The zero-order valence-corrected chi connectivity index (χ0v) is 18.4. The first-order valence-electron chi connectivity index (χ1n) is 11.3. The second-order valence-corrected chi connectivity index (χ2v) is 8.29. The molecule has 3 aromatic rings. The number of aromatic nitrogens is 3. The molecule has 1 aromatic carbocycles. The molecule has 8 nitrogen and oxygen atoms in total. The van der Waals surface area contributed by atoms with Crippen molar-refractivity contribution in [3.05, 3.63) is 42.9 Å². The van der Waals surface area contributed by atoms with E-state index in [2.05, 4.69) is 37.3 Å². The van der Waals surface area contributed by atoms with Crippen molar-refractivity contribution in [2.75, 3.05) is 43.6 Å². The van der Waals surface area contributed by atoms with Crippen LogP contribution in [0.2, 0.25) is 0 Å². The van der Waals surface area contributed by atoms with Gasteiger partial charge in [-0.15, -0.1) is 0 Å². The molecule has 1 aliphatic carbocycles. The zero-order valence-electron chi connectivity index (χ0n) is 18.4. The monoisotopic (exact) mass is 435 g/mol. The number of nitrogens with one attached hydrogen (secondary N) is 1. The molecule has 0 spiro atoms. The van der Waals surface area contributed by atoms with Gasteiger partial charge in [-0.05, 0) is 37.8 Å². The largest absolute Gasteiger partial charge is 0.488 e. The average Bonchev–Trinajstić information content (AvgIpc) is 2.86. The highest BCUT2D eigenvalue weighted by Gasteiger charge is 2.24. The summed E-state index contributed by atoms with van der Waals surface area (Å²) >= 11 is 0. The molecule has 1 N–H and O–H groups in total. The summed E-state index contributed by atoms with van der Waals surface area (Å²) in [6.07, 6.45) is 9.47. The lowest BCUT2D eigenvalue weighted by atomic mass is 9.92. The number of hydrogen-bond acceptors (Lipinski definition) is 8. The summed E-state index contributed by atoms with van der Waals surface area (Å²) in [5.74, 6) is 1.45. The SMILES string of the molecule is COc1cc(N[C@H]2CC[C@@H](Oc3cc(N4CCOCC4)cc4nccnc34)CC2)ccn1. The third kappa shape index (κ3) is 4.70. The van der Waals surface area contributed by atoms with Crippen LogP contribution in [-0.4, -0.2) is 60.5 Å². The number of rotatable bonds is 6. The highest BCUT2D eigenvalue weighted by Crippen LogP contribution is 2.33. The van der Waals surface area contributed by atoms with Crippen LogP contribution in [0.15, 0.2) is 42.9 Å². The van der Waals surface area contributed by atoms with Crippen LogP contribution in [0.1, 0.15) is 25.7 Å². The maximum Gasteiger partial charge on any atom is 0.214 e. The van der Waals surface area contributed by atoms with Crippen molar-refractivity contribution < 1.29 is 14.2 Å². The minimum atomic E-state index is 0.171. The van der Waals surface area contributed by atoms with Crippen LogP contribution >= 0.6 is 0 Å². The molecule has 2 aliphatic rings. The van der Waals surface area contributed by atoms with Crippen molar-refractivity contribution in [2.24, 2.45) is 0 Å². The Hall–Kier alpha value is -3.13. The Morgan fingerprint density at radius 1 is 0.969 bits per heavy atom. The second kappa shape index (κ2) is 9.56. The van der Waals surface area contributed by atoms with E-state index in [1.165, 1.54) is 0 Å². The summed E-state index contributed by atoms with van der Waals surface area (Å²) in [4.78, 5) is 15.6. The van der Waals surface area contributed by atoms with Gasteiger partial charge >= 0.3 is 0 Å². The van der Waals surface area contributed by atoms with Gasteiger partial charge in [0.2, 0.25) is 5.88 Å². The molecule has 168 valence electrons. The predicted octanol–water partition coefficient (Wildman–Crippen LogP) is 3.67. The average molecular weight is 436 g/mol. The van der Waals surface area contributed by atoms with Crippen molar-refractivity contribution >= 4 is 22.4 Å². The van der Waals surface area contributed by atoms with Gasteiger partial charge in [-0.2, -0.15) is 0 Å². The smallest absolute Gasteiger partial charge is 0.214 e. The lowest BCUT2D eigenvalue weighted by Crippen LogP contribution is -2.36. The molecule has 8 heteroatoms. The van der Waals surface area contributed by atoms with Gasteiger partial charge in [0.15, 0.2) is 0 Å². The molecular weight excluding hydrogens is 406 g/mol. The first kappa shape index (κ1) is 20.8. The van der Waals surface area contributed by atoms with E-state index in [-0.39, 0.29) is 6.10 Å². The molecule has 3 heterocycles. The molecule has 32 heavy (non-hydrogen) atoms. The Balaban J connectivity index is 1.26. The van der Waals surface area contributed by atoms with Gasteiger partial charge in [0.05, 0.1) is 31.9 Å². The fraction of sp³-hybridized carbons (Fsp3) is 0.458. The van der Waals surface area contributed by atoms with Crippen molar-refractivity contribution in [3.8, 4) is 11.6 Å². The molecular formula is C24H29N5O3. The number of fused-ring (bicyclic) bond motifs is 1. The fourth-order valence-electron chi connectivity index (χ4n) is 4.47. The Morgan fingerprint density at radius 2 is 1.78 bits per heavy atom. The Labute approximate surface area is 187 Å². The molecule has 2 fully saturated rings. The molecule has 0 unspecified atom stereocenters. The highest BCUT2D eigenvalue weighted by molar-refractivity contribution is 5.85. The number of hydrogen-bond donors (Lipinski definition) is 1. The molecule has 1 saturated heterocycles. The molecule has 0 bridgehead atoms.